The van der Waals surface area contributed by atoms with Gasteiger partial charge in [0.25, 0.3) is 17.7 Å². The quantitative estimate of drug-likeness (QED) is 0.523. The van der Waals surface area contributed by atoms with Gasteiger partial charge in [-0.1, -0.05) is 19.9 Å². The summed E-state index contributed by atoms with van der Waals surface area (Å²) in [6, 6.07) is 8.09. The molecule has 0 aliphatic carbocycles. The van der Waals surface area contributed by atoms with Crippen LogP contribution in [0.15, 0.2) is 46.7 Å². The minimum Gasteiger partial charge on any atom is -0.339 e. The number of hydrogen-bond acceptors (Lipinski definition) is 6. The number of carbonyl (C=O) groups is 3. The van der Waals surface area contributed by atoms with E-state index < -0.39 is 27.9 Å². The van der Waals surface area contributed by atoms with Gasteiger partial charge in [0, 0.05) is 18.7 Å². The maximum atomic E-state index is 12.6. The Morgan fingerprint density at radius 3 is 2.19 bits per heavy atom. The molecule has 2 aromatic rings. The summed E-state index contributed by atoms with van der Waals surface area (Å²) in [5, 5.41) is 4.43. The number of nitrogens with zero attached hydrogens (tertiary/aromatic N) is 1. The minimum absolute atomic E-state index is 0.121. The number of sulfonamides is 1. The Labute approximate surface area is 191 Å². The summed E-state index contributed by atoms with van der Waals surface area (Å²) in [6.07, 6.45) is 1.68. The first kappa shape index (κ1) is 23.9. The largest absolute Gasteiger partial charge is 0.339 e. The molecule has 1 saturated heterocycles. The van der Waals surface area contributed by atoms with Crippen LogP contribution in [0.2, 0.25) is 0 Å². The fraction of sp³-hybridized carbons (Fsp3) is 0.381. The SMILES string of the molecule is CC(C)C(NC(=O)c1cccs1)C(=O)NNC(=O)c1ccc(S(=O)(=O)N2CCCC2)cc1. The van der Waals surface area contributed by atoms with E-state index in [9.17, 15) is 22.8 Å². The third-order valence-electron chi connectivity index (χ3n) is 5.10. The van der Waals surface area contributed by atoms with Crippen molar-refractivity contribution in [3.8, 4) is 0 Å². The van der Waals surface area contributed by atoms with Crippen LogP contribution in [0, 0.1) is 5.92 Å². The predicted molar refractivity (Wildman–Crippen MR) is 120 cm³/mol. The van der Waals surface area contributed by atoms with Gasteiger partial charge in [0.15, 0.2) is 0 Å². The molecule has 0 saturated carbocycles. The van der Waals surface area contributed by atoms with E-state index in [1.165, 1.54) is 39.9 Å². The van der Waals surface area contributed by atoms with Crippen LogP contribution in [0.5, 0.6) is 0 Å². The first-order valence-electron chi connectivity index (χ1n) is 10.2. The molecule has 1 fully saturated rings. The Balaban J connectivity index is 1.59. The van der Waals surface area contributed by atoms with Crippen LogP contribution >= 0.6 is 11.3 Å². The molecule has 0 radical (unpaired) electrons. The number of benzene rings is 1. The van der Waals surface area contributed by atoms with Crippen molar-refractivity contribution in [1.29, 1.82) is 0 Å². The molecule has 1 aliphatic rings. The van der Waals surface area contributed by atoms with Crippen molar-refractivity contribution in [2.45, 2.75) is 37.6 Å². The summed E-state index contributed by atoms with van der Waals surface area (Å²) in [4.78, 5) is 37.8. The Kier molecular flexibility index (Phi) is 7.64. The van der Waals surface area contributed by atoms with Crippen molar-refractivity contribution in [2.75, 3.05) is 13.1 Å². The number of rotatable bonds is 7. The molecule has 9 nitrogen and oxygen atoms in total. The fourth-order valence-corrected chi connectivity index (χ4v) is 5.42. The van der Waals surface area contributed by atoms with Crippen LogP contribution in [-0.2, 0) is 14.8 Å². The van der Waals surface area contributed by atoms with Gasteiger partial charge in [-0.05, 0) is 54.5 Å². The van der Waals surface area contributed by atoms with Gasteiger partial charge in [-0.25, -0.2) is 8.42 Å². The van der Waals surface area contributed by atoms with Crippen molar-refractivity contribution in [2.24, 2.45) is 5.92 Å². The Morgan fingerprint density at radius 1 is 0.969 bits per heavy atom. The van der Waals surface area contributed by atoms with Crippen LogP contribution in [-0.4, -0.2) is 49.6 Å². The lowest BCUT2D eigenvalue weighted by molar-refractivity contribution is -0.124. The van der Waals surface area contributed by atoms with E-state index in [4.69, 9.17) is 0 Å². The lowest BCUT2D eigenvalue weighted by Crippen LogP contribution is -2.54. The average Bonchev–Trinajstić information content (AvgIpc) is 3.50. The highest BCUT2D eigenvalue weighted by atomic mass is 32.2. The minimum atomic E-state index is -3.57. The number of hydrazine groups is 1. The number of nitrogens with one attached hydrogen (secondary N) is 3. The molecule has 1 aromatic heterocycles. The molecule has 32 heavy (non-hydrogen) atoms. The number of carbonyl (C=O) groups excluding carboxylic acids is 3. The second kappa shape index (κ2) is 10.2. The van der Waals surface area contributed by atoms with Crippen LogP contribution in [0.3, 0.4) is 0 Å². The lowest BCUT2D eigenvalue weighted by atomic mass is 10.0. The zero-order valence-electron chi connectivity index (χ0n) is 17.8. The van der Waals surface area contributed by atoms with E-state index in [2.05, 4.69) is 16.2 Å². The standard InChI is InChI=1S/C21H26N4O5S2/c1-14(2)18(22-20(27)17-6-5-13-31-17)21(28)24-23-19(26)15-7-9-16(10-8-15)32(29,30)25-11-3-4-12-25/h5-10,13-14,18H,3-4,11-12H2,1-2H3,(H,22,27)(H,23,26)(H,24,28). The summed E-state index contributed by atoms with van der Waals surface area (Å²) < 4.78 is 26.6. The molecule has 3 rings (SSSR count). The van der Waals surface area contributed by atoms with Gasteiger partial charge >= 0.3 is 0 Å². The first-order valence-corrected chi connectivity index (χ1v) is 12.6. The molecule has 2 heterocycles. The summed E-state index contributed by atoms with van der Waals surface area (Å²) in [5.74, 6) is -1.75. The molecule has 1 unspecified atom stereocenters. The smallest absolute Gasteiger partial charge is 0.269 e. The zero-order chi connectivity index (χ0) is 23.3. The average molecular weight is 479 g/mol. The van der Waals surface area contributed by atoms with E-state index >= 15 is 0 Å². The lowest BCUT2D eigenvalue weighted by Gasteiger charge is -2.21. The van der Waals surface area contributed by atoms with Crippen LogP contribution < -0.4 is 16.2 Å². The van der Waals surface area contributed by atoms with Crippen LogP contribution in [0.1, 0.15) is 46.7 Å². The molecule has 1 atom stereocenters. The number of thiophene rings is 1. The second-order valence-electron chi connectivity index (χ2n) is 7.75. The Morgan fingerprint density at radius 2 is 1.62 bits per heavy atom. The highest BCUT2D eigenvalue weighted by Gasteiger charge is 2.28. The summed E-state index contributed by atoms with van der Waals surface area (Å²) in [7, 11) is -3.57. The van der Waals surface area contributed by atoms with E-state index in [1.54, 1.807) is 31.4 Å². The highest BCUT2D eigenvalue weighted by molar-refractivity contribution is 7.89. The molecule has 172 valence electrons. The molecular formula is C21H26N4O5S2. The third-order valence-corrected chi connectivity index (χ3v) is 7.88. The zero-order valence-corrected chi connectivity index (χ0v) is 19.5. The molecule has 1 aromatic carbocycles. The van der Waals surface area contributed by atoms with E-state index in [0.29, 0.717) is 18.0 Å². The number of amides is 3. The van der Waals surface area contributed by atoms with E-state index in [-0.39, 0.29) is 22.3 Å². The van der Waals surface area contributed by atoms with Gasteiger partial charge in [0.05, 0.1) is 9.77 Å². The molecule has 3 amide bonds. The van der Waals surface area contributed by atoms with E-state index in [0.717, 1.165) is 12.8 Å². The normalized spacial score (nSPS) is 15.3. The Bertz CT molecular complexity index is 1060. The fourth-order valence-electron chi connectivity index (χ4n) is 3.28. The summed E-state index contributed by atoms with van der Waals surface area (Å²) in [5.41, 5.74) is 4.82. The topological polar surface area (TPSA) is 125 Å². The predicted octanol–water partition coefficient (Wildman–Crippen LogP) is 1.75. The first-order chi connectivity index (χ1) is 15.2. The monoisotopic (exact) mass is 478 g/mol. The van der Waals surface area contributed by atoms with Crippen LogP contribution in [0.4, 0.5) is 0 Å². The summed E-state index contributed by atoms with van der Waals surface area (Å²) in [6.45, 7) is 4.55. The third kappa shape index (κ3) is 5.53. The van der Waals surface area contributed by atoms with Gasteiger partial charge in [-0.3, -0.25) is 25.2 Å². The second-order valence-corrected chi connectivity index (χ2v) is 10.6. The molecule has 3 N–H and O–H groups in total. The van der Waals surface area contributed by atoms with Gasteiger partial charge in [0.1, 0.15) is 6.04 Å². The van der Waals surface area contributed by atoms with Crippen molar-refractivity contribution < 1.29 is 22.8 Å². The van der Waals surface area contributed by atoms with Crippen molar-refractivity contribution in [3.63, 3.8) is 0 Å². The highest BCUT2D eigenvalue weighted by Crippen LogP contribution is 2.21. The van der Waals surface area contributed by atoms with Gasteiger partial charge < -0.3 is 5.32 Å². The number of hydrogen-bond donors (Lipinski definition) is 3. The molecule has 1 aliphatic heterocycles. The van der Waals surface area contributed by atoms with E-state index in [1.807, 2.05) is 0 Å². The van der Waals surface area contributed by atoms with Crippen molar-refractivity contribution in [1.82, 2.24) is 20.5 Å². The summed E-state index contributed by atoms with van der Waals surface area (Å²) >= 11 is 1.26. The maximum absolute atomic E-state index is 12.6. The molecule has 0 bridgehead atoms. The molecule has 11 heteroatoms. The molecular weight excluding hydrogens is 452 g/mol. The van der Waals surface area contributed by atoms with Crippen molar-refractivity contribution in [3.05, 3.63) is 52.2 Å². The van der Waals surface area contributed by atoms with Gasteiger partial charge in [-0.15, -0.1) is 11.3 Å². The maximum Gasteiger partial charge on any atom is 0.269 e. The van der Waals surface area contributed by atoms with Crippen LogP contribution in [0.25, 0.3) is 0 Å². The van der Waals surface area contributed by atoms with Gasteiger partial charge in [0.2, 0.25) is 10.0 Å². The van der Waals surface area contributed by atoms with Crippen molar-refractivity contribution >= 4 is 39.1 Å². The Hall–Kier alpha value is -2.76. The molecule has 0 spiro atoms. The van der Waals surface area contributed by atoms with Gasteiger partial charge in [-0.2, -0.15) is 4.31 Å².